The van der Waals surface area contributed by atoms with Crippen LogP contribution in [0, 0.1) is 0 Å². The Bertz CT molecular complexity index is 701. The lowest BCUT2D eigenvalue weighted by Gasteiger charge is -2.18. The number of phenols is 1. The summed E-state index contributed by atoms with van der Waals surface area (Å²) in [5, 5.41) is 10.1. The Morgan fingerprint density at radius 1 is 1.42 bits per heavy atom. The molecular weight excluding hydrogens is 328 g/mol. The van der Waals surface area contributed by atoms with Crippen molar-refractivity contribution < 1.29 is 18.3 Å². The summed E-state index contributed by atoms with van der Waals surface area (Å²) >= 11 is 0. The molecule has 1 unspecified atom stereocenters. The molecule has 0 aromatic heterocycles. The van der Waals surface area contributed by atoms with Crippen molar-refractivity contribution >= 4 is 15.9 Å². The van der Waals surface area contributed by atoms with Crippen LogP contribution in [0.25, 0.3) is 0 Å². The smallest absolute Gasteiger partial charge is 0.257 e. The third-order valence-electron chi connectivity index (χ3n) is 4.21. The number of amides is 1. The number of nitrogens with one attached hydrogen (secondary N) is 1. The lowest BCUT2D eigenvalue weighted by atomic mass is 10.0. The normalized spacial score (nSPS) is 18.3. The van der Waals surface area contributed by atoms with E-state index in [1.807, 2.05) is 26.8 Å². The molecule has 0 radical (unpaired) electrons. The molecule has 0 spiro atoms. The van der Waals surface area contributed by atoms with Gasteiger partial charge in [-0.15, -0.1) is 0 Å². The number of sulfonamides is 1. The first-order valence-electron chi connectivity index (χ1n) is 8.35. The number of hydrogen-bond donors (Lipinski definition) is 2. The van der Waals surface area contributed by atoms with Crippen molar-refractivity contribution in [1.29, 1.82) is 0 Å². The van der Waals surface area contributed by atoms with Gasteiger partial charge in [0.15, 0.2) is 0 Å². The Labute approximate surface area is 143 Å². The second-order valence-electron chi connectivity index (χ2n) is 6.60. The number of phenolic OH excluding ortho intramolecular Hbond substituents is 1. The minimum Gasteiger partial charge on any atom is -0.507 e. The van der Waals surface area contributed by atoms with Crippen LogP contribution in [0.4, 0.5) is 0 Å². The van der Waals surface area contributed by atoms with Crippen LogP contribution in [0.3, 0.4) is 0 Å². The maximum absolute atomic E-state index is 12.6. The van der Waals surface area contributed by atoms with Gasteiger partial charge in [-0.2, -0.15) is 0 Å². The van der Waals surface area contributed by atoms with Crippen LogP contribution in [0.15, 0.2) is 18.2 Å². The van der Waals surface area contributed by atoms with Crippen molar-refractivity contribution in [1.82, 2.24) is 9.62 Å². The van der Waals surface area contributed by atoms with E-state index < -0.39 is 10.0 Å². The zero-order valence-corrected chi connectivity index (χ0v) is 15.3. The monoisotopic (exact) mass is 354 g/mol. The van der Waals surface area contributed by atoms with Gasteiger partial charge in [0.05, 0.1) is 11.3 Å². The zero-order valence-electron chi connectivity index (χ0n) is 14.4. The van der Waals surface area contributed by atoms with Crippen molar-refractivity contribution in [3.05, 3.63) is 29.3 Å². The molecule has 1 fully saturated rings. The standard InChI is InChI=1S/C17H26N2O4S/c1-4-9-24(22,23)18-14-7-8-19(11-14)17(21)15-6-5-13(12(2)3)10-16(15)20/h5-6,10,12,14,18,20H,4,7-9,11H2,1-3H3. The second-order valence-corrected chi connectivity index (χ2v) is 8.48. The molecule has 1 aliphatic rings. The molecule has 1 aromatic carbocycles. The summed E-state index contributed by atoms with van der Waals surface area (Å²) in [6, 6.07) is 4.84. The molecule has 24 heavy (non-hydrogen) atoms. The maximum Gasteiger partial charge on any atom is 0.257 e. The first-order chi connectivity index (χ1) is 11.2. The third-order valence-corrected chi connectivity index (χ3v) is 5.85. The van der Waals surface area contributed by atoms with Crippen molar-refractivity contribution in [3.8, 4) is 5.75 Å². The van der Waals surface area contributed by atoms with Crippen LogP contribution >= 0.6 is 0 Å². The van der Waals surface area contributed by atoms with E-state index in [1.54, 1.807) is 17.0 Å². The first-order valence-corrected chi connectivity index (χ1v) is 10.0. The molecule has 1 aliphatic heterocycles. The second kappa shape index (κ2) is 7.53. The SMILES string of the molecule is CCCS(=O)(=O)NC1CCN(C(=O)c2ccc(C(C)C)cc2O)C1. The van der Waals surface area contributed by atoms with Gasteiger partial charge in [0.1, 0.15) is 5.75 Å². The van der Waals surface area contributed by atoms with Gasteiger partial charge >= 0.3 is 0 Å². The van der Waals surface area contributed by atoms with E-state index in [9.17, 15) is 18.3 Å². The number of benzene rings is 1. The molecule has 1 heterocycles. The van der Waals surface area contributed by atoms with E-state index in [-0.39, 0.29) is 34.9 Å². The summed E-state index contributed by atoms with van der Waals surface area (Å²) in [5.74, 6) is 0.0694. The van der Waals surface area contributed by atoms with Gasteiger partial charge in [-0.3, -0.25) is 4.79 Å². The summed E-state index contributed by atoms with van der Waals surface area (Å²) in [5.41, 5.74) is 1.23. The fraction of sp³-hybridized carbons (Fsp3) is 0.588. The first kappa shape index (κ1) is 18.7. The molecule has 0 aliphatic carbocycles. The number of aromatic hydroxyl groups is 1. The number of carbonyl (C=O) groups is 1. The summed E-state index contributed by atoms with van der Waals surface area (Å²) in [6.07, 6.45) is 1.14. The molecule has 7 heteroatoms. The highest BCUT2D eigenvalue weighted by molar-refractivity contribution is 7.89. The van der Waals surface area contributed by atoms with Crippen LogP contribution in [0.5, 0.6) is 5.75 Å². The average Bonchev–Trinajstić information content (AvgIpc) is 2.93. The molecule has 0 bridgehead atoms. The molecule has 134 valence electrons. The maximum atomic E-state index is 12.6. The lowest BCUT2D eigenvalue weighted by molar-refractivity contribution is 0.0787. The number of hydrogen-bond acceptors (Lipinski definition) is 4. The number of rotatable bonds is 6. The van der Waals surface area contributed by atoms with Gasteiger partial charge in [-0.25, -0.2) is 13.1 Å². The third kappa shape index (κ3) is 4.48. The quantitative estimate of drug-likeness (QED) is 0.819. The Morgan fingerprint density at radius 2 is 2.12 bits per heavy atom. The van der Waals surface area contributed by atoms with Crippen LogP contribution in [0.2, 0.25) is 0 Å². The summed E-state index contributed by atoms with van der Waals surface area (Å²) in [4.78, 5) is 14.2. The Morgan fingerprint density at radius 3 is 2.71 bits per heavy atom. The lowest BCUT2D eigenvalue weighted by Crippen LogP contribution is -2.39. The van der Waals surface area contributed by atoms with Crippen LogP contribution in [-0.4, -0.2) is 49.2 Å². The molecule has 1 saturated heterocycles. The van der Waals surface area contributed by atoms with E-state index in [4.69, 9.17) is 0 Å². The van der Waals surface area contributed by atoms with E-state index in [0.29, 0.717) is 25.9 Å². The topological polar surface area (TPSA) is 86.7 Å². The van der Waals surface area contributed by atoms with Crippen molar-refractivity contribution in [2.75, 3.05) is 18.8 Å². The van der Waals surface area contributed by atoms with Gasteiger partial charge in [-0.1, -0.05) is 26.8 Å². The molecule has 1 aromatic rings. The van der Waals surface area contributed by atoms with E-state index in [0.717, 1.165) is 5.56 Å². The molecule has 6 nitrogen and oxygen atoms in total. The van der Waals surface area contributed by atoms with Gasteiger partial charge in [0.25, 0.3) is 5.91 Å². The van der Waals surface area contributed by atoms with Crippen LogP contribution in [-0.2, 0) is 10.0 Å². The van der Waals surface area contributed by atoms with Gasteiger partial charge in [0, 0.05) is 19.1 Å². The van der Waals surface area contributed by atoms with E-state index in [1.165, 1.54) is 0 Å². The highest BCUT2D eigenvalue weighted by atomic mass is 32.2. The molecule has 1 atom stereocenters. The fourth-order valence-corrected chi connectivity index (χ4v) is 4.24. The Kier molecular flexibility index (Phi) is 5.87. The minimum absolute atomic E-state index is 0.0267. The summed E-state index contributed by atoms with van der Waals surface area (Å²) < 4.78 is 26.3. The predicted molar refractivity (Wildman–Crippen MR) is 93.7 cm³/mol. The van der Waals surface area contributed by atoms with Crippen molar-refractivity contribution in [2.45, 2.75) is 45.6 Å². The van der Waals surface area contributed by atoms with Gasteiger partial charge in [0.2, 0.25) is 10.0 Å². The molecule has 2 N–H and O–H groups in total. The van der Waals surface area contributed by atoms with Crippen molar-refractivity contribution in [2.24, 2.45) is 0 Å². The van der Waals surface area contributed by atoms with E-state index in [2.05, 4.69) is 4.72 Å². The van der Waals surface area contributed by atoms with Crippen molar-refractivity contribution in [3.63, 3.8) is 0 Å². The molecule has 1 amide bonds. The minimum atomic E-state index is -3.29. The van der Waals surface area contributed by atoms with E-state index >= 15 is 0 Å². The predicted octanol–water partition coefficient (Wildman–Crippen LogP) is 2.06. The zero-order chi connectivity index (χ0) is 17.9. The number of likely N-dealkylation sites (tertiary alicyclic amines) is 1. The highest BCUT2D eigenvalue weighted by Gasteiger charge is 2.30. The Balaban J connectivity index is 2.04. The summed E-state index contributed by atoms with van der Waals surface area (Å²) in [7, 11) is -3.29. The van der Waals surface area contributed by atoms with Crippen LogP contribution < -0.4 is 4.72 Å². The fourth-order valence-electron chi connectivity index (χ4n) is 2.88. The molecular formula is C17H26N2O4S. The van der Waals surface area contributed by atoms with Crippen LogP contribution in [0.1, 0.15) is 55.5 Å². The number of carbonyl (C=O) groups excluding carboxylic acids is 1. The average molecular weight is 354 g/mol. The highest BCUT2D eigenvalue weighted by Crippen LogP contribution is 2.26. The Hall–Kier alpha value is -1.60. The number of nitrogens with zero attached hydrogens (tertiary/aromatic N) is 1. The van der Waals surface area contributed by atoms with Gasteiger partial charge < -0.3 is 10.0 Å². The summed E-state index contributed by atoms with van der Waals surface area (Å²) in [6.45, 7) is 6.65. The molecule has 2 rings (SSSR count). The van der Waals surface area contributed by atoms with Gasteiger partial charge in [-0.05, 0) is 36.5 Å². The largest absolute Gasteiger partial charge is 0.507 e. The molecule has 0 saturated carbocycles.